The molecule has 0 bridgehead atoms. The molecule has 0 spiro atoms. The van der Waals surface area contributed by atoms with Crippen LogP contribution in [0.2, 0.25) is 0 Å². The minimum absolute atomic E-state index is 0.238. The summed E-state index contributed by atoms with van der Waals surface area (Å²) in [6, 6.07) is 0. The van der Waals surface area contributed by atoms with Gasteiger partial charge in [0.1, 0.15) is 0 Å². The van der Waals surface area contributed by atoms with Crippen molar-refractivity contribution >= 4 is 5.91 Å². The first-order valence-electron chi connectivity index (χ1n) is 5.23. The Labute approximate surface area is 79.5 Å². The summed E-state index contributed by atoms with van der Waals surface area (Å²) in [6.45, 7) is 1.16. The first-order chi connectivity index (χ1) is 6.34. The average Bonchev–Trinajstić information content (AvgIpc) is 2.52. The van der Waals surface area contributed by atoms with Crippen LogP contribution in [0.4, 0.5) is 0 Å². The zero-order valence-electron chi connectivity index (χ0n) is 8.09. The molecule has 0 aromatic carbocycles. The quantitative estimate of drug-likeness (QED) is 0.608. The number of carbonyl (C=O) groups excluding carboxylic acids is 1. The fourth-order valence-electron chi connectivity index (χ4n) is 1.78. The normalized spacial score (nSPS) is 21.9. The molecule has 1 unspecified atom stereocenters. The molecule has 1 rings (SSSR count). The SMILES string of the molecule is O=C1NCCC1CCCCCCO. The molecular weight excluding hydrogens is 166 g/mol. The Morgan fingerprint density at radius 1 is 1.31 bits per heavy atom. The van der Waals surface area contributed by atoms with E-state index in [1.807, 2.05) is 0 Å². The van der Waals surface area contributed by atoms with Gasteiger partial charge in [-0.3, -0.25) is 4.79 Å². The maximum absolute atomic E-state index is 11.1. The van der Waals surface area contributed by atoms with E-state index in [-0.39, 0.29) is 11.8 Å². The Morgan fingerprint density at radius 2 is 2.08 bits per heavy atom. The summed E-state index contributed by atoms with van der Waals surface area (Å²) in [5.41, 5.74) is 0. The second-order valence-corrected chi connectivity index (χ2v) is 3.70. The van der Waals surface area contributed by atoms with Crippen molar-refractivity contribution < 1.29 is 9.90 Å². The Hall–Kier alpha value is -0.570. The summed E-state index contributed by atoms with van der Waals surface area (Å²) in [6.07, 6.45) is 6.29. The van der Waals surface area contributed by atoms with Crippen molar-refractivity contribution in [1.29, 1.82) is 0 Å². The van der Waals surface area contributed by atoms with E-state index in [0.717, 1.165) is 45.1 Å². The molecule has 1 atom stereocenters. The van der Waals surface area contributed by atoms with E-state index in [2.05, 4.69) is 5.32 Å². The first kappa shape index (κ1) is 10.5. The van der Waals surface area contributed by atoms with Crippen molar-refractivity contribution in [3.05, 3.63) is 0 Å². The molecule has 76 valence electrons. The van der Waals surface area contributed by atoms with Gasteiger partial charge in [-0.1, -0.05) is 19.3 Å². The Kier molecular flexibility index (Phi) is 4.83. The minimum atomic E-state index is 0.238. The molecule has 1 fully saturated rings. The van der Waals surface area contributed by atoms with E-state index in [4.69, 9.17) is 5.11 Å². The molecule has 13 heavy (non-hydrogen) atoms. The summed E-state index contributed by atoms with van der Waals surface area (Å²) in [7, 11) is 0. The fraction of sp³-hybridized carbons (Fsp3) is 0.900. The Bertz CT molecular complexity index is 159. The highest BCUT2D eigenvalue weighted by molar-refractivity contribution is 5.80. The number of rotatable bonds is 6. The lowest BCUT2D eigenvalue weighted by molar-refractivity contribution is -0.122. The lowest BCUT2D eigenvalue weighted by atomic mass is 9.99. The molecule has 0 aromatic heterocycles. The zero-order chi connectivity index (χ0) is 9.52. The number of hydrogen-bond donors (Lipinski definition) is 2. The second-order valence-electron chi connectivity index (χ2n) is 3.70. The number of hydrogen-bond acceptors (Lipinski definition) is 2. The van der Waals surface area contributed by atoms with Gasteiger partial charge in [0.2, 0.25) is 5.91 Å². The molecular formula is C10H19NO2. The van der Waals surface area contributed by atoms with Crippen LogP contribution in [0.1, 0.15) is 38.5 Å². The highest BCUT2D eigenvalue weighted by Crippen LogP contribution is 2.17. The third-order valence-electron chi connectivity index (χ3n) is 2.62. The van der Waals surface area contributed by atoms with Crippen LogP contribution < -0.4 is 5.32 Å². The topological polar surface area (TPSA) is 49.3 Å². The Balaban J connectivity index is 1.96. The molecule has 3 nitrogen and oxygen atoms in total. The van der Waals surface area contributed by atoms with Crippen molar-refractivity contribution in [2.75, 3.05) is 13.2 Å². The predicted molar refractivity (Wildman–Crippen MR) is 51.3 cm³/mol. The number of carbonyl (C=O) groups is 1. The average molecular weight is 185 g/mol. The molecule has 3 heteroatoms. The molecule has 1 aliphatic heterocycles. The first-order valence-corrected chi connectivity index (χ1v) is 5.23. The van der Waals surface area contributed by atoms with E-state index in [9.17, 15) is 4.79 Å². The van der Waals surface area contributed by atoms with Crippen molar-refractivity contribution in [2.45, 2.75) is 38.5 Å². The summed E-state index contributed by atoms with van der Waals surface area (Å²) in [5, 5.41) is 11.4. The van der Waals surface area contributed by atoms with Crippen LogP contribution in [0.5, 0.6) is 0 Å². The van der Waals surface area contributed by atoms with Crippen molar-refractivity contribution in [2.24, 2.45) is 5.92 Å². The van der Waals surface area contributed by atoms with Crippen LogP contribution in [-0.2, 0) is 4.79 Å². The van der Waals surface area contributed by atoms with Crippen LogP contribution in [0.15, 0.2) is 0 Å². The number of amides is 1. The molecule has 0 radical (unpaired) electrons. The third kappa shape index (κ3) is 3.77. The highest BCUT2D eigenvalue weighted by Gasteiger charge is 2.22. The molecule has 1 saturated heterocycles. The lowest BCUT2D eigenvalue weighted by Gasteiger charge is -2.05. The van der Waals surface area contributed by atoms with Crippen LogP contribution in [0.3, 0.4) is 0 Å². The number of nitrogens with one attached hydrogen (secondary N) is 1. The van der Waals surface area contributed by atoms with Gasteiger partial charge in [0.05, 0.1) is 0 Å². The molecule has 1 amide bonds. The minimum Gasteiger partial charge on any atom is -0.396 e. The zero-order valence-corrected chi connectivity index (χ0v) is 8.09. The van der Waals surface area contributed by atoms with E-state index < -0.39 is 0 Å². The largest absolute Gasteiger partial charge is 0.396 e. The van der Waals surface area contributed by atoms with E-state index in [1.54, 1.807) is 0 Å². The van der Waals surface area contributed by atoms with E-state index >= 15 is 0 Å². The second kappa shape index (κ2) is 5.97. The summed E-state index contributed by atoms with van der Waals surface area (Å²) in [4.78, 5) is 11.1. The van der Waals surface area contributed by atoms with Crippen LogP contribution in [0.25, 0.3) is 0 Å². The highest BCUT2D eigenvalue weighted by atomic mass is 16.2. The smallest absolute Gasteiger partial charge is 0.223 e. The maximum Gasteiger partial charge on any atom is 0.223 e. The molecule has 0 aromatic rings. The fourth-order valence-corrected chi connectivity index (χ4v) is 1.78. The predicted octanol–water partition coefficient (Wildman–Crippen LogP) is 1.07. The van der Waals surface area contributed by atoms with Gasteiger partial charge in [-0.15, -0.1) is 0 Å². The van der Waals surface area contributed by atoms with Crippen LogP contribution >= 0.6 is 0 Å². The monoisotopic (exact) mass is 185 g/mol. The standard InChI is InChI=1S/C10H19NO2/c12-8-4-2-1-3-5-9-6-7-11-10(9)13/h9,12H,1-8H2,(H,11,13). The Morgan fingerprint density at radius 3 is 2.69 bits per heavy atom. The summed E-state index contributed by atoms with van der Waals surface area (Å²) < 4.78 is 0. The molecule has 1 heterocycles. The van der Waals surface area contributed by atoms with Crippen molar-refractivity contribution in [3.63, 3.8) is 0 Å². The molecule has 0 saturated carbocycles. The number of aliphatic hydroxyl groups excluding tert-OH is 1. The van der Waals surface area contributed by atoms with Crippen LogP contribution in [0, 0.1) is 5.92 Å². The number of aliphatic hydroxyl groups is 1. The van der Waals surface area contributed by atoms with Gasteiger partial charge in [0.15, 0.2) is 0 Å². The van der Waals surface area contributed by atoms with Gasteiger partial charge in [0.25, 0.3) is 0 Å². The van der Waals surface area contributed by atoms with Gasteiger partial charge in [-0.05, 0) is 19.3 Å². The van der Waals surface area contributed by atoms with E-state index in [0.29, 0.717) is 6.61 Å². The maximum atomic E-state index is 11.1. The van der Waals surface area contributed by atoms with E-state index in [1.165, 1.54) is 0 Å². The molecule has 2 N–H and O–H groups in total. The van der Waals surface area contributed by atoms with Gasteiger partial charge < -0.3 is 10.4 Å². The van der Waals surface area contributed by atoms with Gasteiger partial charge >= 0.3 is 0 Å². The van der Waals surface area contributed by atoms with Gasteiger partial charge in [-0.25, -0.2) is 0 Å². The summed E-state index contributed by atoms with van der Waals surface area (Å²) in [5.74, 6) is 0.510. The number of unbranched alkanes of at least 4 members (excludes halogenated alkanes) is 3. The summed E-state index contributed by atoms with van der Waals surface area (Å²) >= 11 is 0. The van der Waals surface area contributed by atoms with Crippen molar-refractivity contribution in [3.8, 4) is 0 Å². The van der Waals surface area contributed by atoms with Crippen LogP contribution in [-0.4, -0.2) is 24.2 Å². The molecule has 1 aliphatic rings. The van der Waals surface area contributed by atoms with Crippen molar-refractivity contribution in [1.82, 2.24) is 5.32 Å². The lowest BCUT2D eigenvalue weighted by Crippen LogP contribution is -2.18. The van der Waals surface area contributed by atoms with Gasteiger partial charge in [0, 0.05) is 19.1 Å². The third-order valence-corrected chi connectivity index (χ3v) is 2.62. The molecule has 0 aliphatic carbocycles. The van der Waals surface area contributed by atoms with Gasteiger partial charge in [-0.2, -0.15) is 0 Å².